The van der Waals surface area contributed by atoms with Gasteiger partial charge in [0.05, 0.1) is 0 Å². The van der Waals surface area contributed by atoms with Crippen LogP contribution in [0, 0.1) is 6.92 Å². The molecule has 41 heavy (non-hydrogen) atoms. The first-order valence-electron chi connectivity index (χ1n) is 13.3. The molecule has 7 aromatic rings. The fourth-order valence-electron chi connectivity index (χ4n) is 4.66. The molecule has 0 atom stereocenters. The number of aryl methyl sites for hydroxylation is 1. The molecule has 2 heterocycles. The van der Waals surface area contributed by atoms with E-state index in [0.717, 1.165) is 38.9 Å². The van der Waals surface area contributed by atoms with E-state index in [1.54, 1.807) is 0 Å². The van der Waals surface area contributed by atoms with E-state index in [4.69, 9.17) is 8.83 Å². The van der Waals surface area contributed by atoms with Crippen LogP contribution in [0.5, 0.6) is 0 Å². The number of benzene rings is 5. The molecule has 2 aromatic heterocycles. The SMILES string of the molecule is Cc1ccc(-c2nnc(-c3ccc(-c4ccc(-c5nnc(-c6ccc(-c7ccccc7)cc6)o5)cc4)cc3)o2)cc1. The van der Waals surface area contributed by atoms with Crippen molar-refractivity contribution in [3.05, 3.63) is 133 Å². The van der Waals surface area contributed by atoms with E-state index in [1.807, 2.05) is 110 Å². The van der Waals surface area contributed by atoms with Gasteiger partial charge in [-0.1, -0.05) is 84.4 Å². The predicted octanol–water partition coefficient (Wildman–Crippen LogP) is 8.76. The molecular weight excluding hydrogens is 508 g/mol. The molecule has 5 aromatic carbocycles. The lowest BCUT2D eigenvalue weighted by Gasteiger charge is -2.04. The first-order valence-corrected chi connectivity index (χ1v) is 13.3. The van der Waals surface area contributed by atoms with Crippen LogP contribution < -0.4 is 0 Å². The summed E-state index contributed by atoms with van der Waals surface area (Å²) in [7, 11) is 0. The summed E-state index contributed by atoms with van der Waals surface area (Å²) in [6, 6.07) is 42.6. The van der Waals surface area contributed by atoms with Crippen LogP contribution >= 0.6 is 0 Å². The summed E-state index contributed by atoms with van der Waals surface area (Å²) in [5, 5.41) is 17.0. The molecule has 0 N–H and O–H groups in total. The van der Waals surface area contributed by atoms with Crippen LogP contribution in [0.2, 0.25) is 0 Å². The third-order valence-electron chi connectivity index (χ3n) is 6.98. The largest absolute Gasteiger partial charge is 0.416 e. The molecule has 0 amide bonds. The van der Waals surface area contributed by atoms with Crippen molar-refractivity contribution in [2.75, 3.05) is 0 Å². The summed E-state index contributed by atoms with van der Waals surface area (Å²) in [5.74, 6) is 1.97. The van der Waals surface area contributed by atoms with E-state index in [1.165, 1.54) is 11.1 Å². The number of aromatic nitrogens is 4. The molecule has 0 aliphatic heterocycles. The molecule has 0 saturated heterocycles. The minimum absolute atomic E-state index is 0.481. The Hall–Kier alpha value is -5.62. The van der Waals surface area contributed by atoms with E-state index in [9.17, 15) is 0 Å². The van der Waals surface area contributed by atoms with Gasteiger partial charge in [-0.25, -0.2) is 0 Å². The van der Waals surface area contributed by atoms with Gasteiger partial charge in [0.25, 0.3) is 0 Å². The van der Waals surface area contributed by atoms with Gasteiger partial charge in [-0.2, -0.15) is 0 Å². The van der Waals surface area contributed by atoms with Gasteiger partial charge < -0.3 is 8.83 Å². The maximum atomic E-state index is 6.01. The molecule has 0 aliphatic carbocycles. The molecule has 6 nitrogen and oxygen atoms in total. The number of nitrogens with zero attached hydrogens (tertiary/aromatic N) is 4. The second kappa shape index (κ2) is 10.5. The maximum absolute atomic E-state index is 6.01. The average molecular weight is 533 g/mol. The van der Waals surface area contributed by atoms with Crippen LogP contribution in [-0.2, 0) is 0 Å². The zero-order valence-corrected chi connectivity index (χ0v) is 22.2. The van der Waals surface area contributed by atoms with Crippen LogP contribution in [-0.4, -0.2) is 20.4 Å². The van der Waals surface area contributed by atoms with Gasteiger partial charge >= 0.3 is 0 Å². The van der Waals surface area contributed by atoms with Gasteiger partial charge in [-0.05, 0) is 77.7 Å². The Balaban J connectivity index is 1.05. The van der Waals surface area contributed by atoms with Crippen LogP contribution in [0.3, 0.4) is 0 Å². The molecule has 0 unspecified atom stereocenters. The van der Waals surface area contributed by atoms with Crippen molar-refractivity contribution >= 4 is 0 Å². The topological polar surface area (TPSA) is 77.8 Å². The first-order chi connectivity index (χ1) is 20.2. The average Bonchev–Trinajstić information content (AvgIpc) is 3.74. The smallest absolute Gasteiger partial charge is 0.248 e. The third kappa shape index (κ3) is 5.06. The Kier molecular flexibility index (Phi) is 6.26. The highest BCUT2D eigenvalue weighted by Gasteiger charge is 2.13. The van der Waals surface area contributed by atoms with E-state index < -0.39 is 0 Å². The Morgan fingerprint density at radius 2 is 0.585 bits per heavy atom. The molecule has 6 heteroatoms. The fourth-order valence-corrected chi connectivity index (χ4v) is 4.66. The Labute approximate surface area is 237 Å². The molecule has 0 saturated carbocycles. The second-order valence-electron chi connectivity index (χ2n) is 9.79. The maximum Gasteiger partial charge on any atom is 0.248 e. The quantitative estimate of drug-likeness (QED) is 0.213. The van der Waals surface area contributed by atoms with Gasteiger partial charge in [-0.3, -0.25) is 0 Å². The second-order valence-corrected chi connectivity index (χ2v) is 9.79. The molecular formula is C35H24N4O2. The number of hydrogen-bond acceptors (Lipinski definition) is 6. The van der Waals surface area contributed by atoms with E-state index in [2.05, 4.69) is 44.7 Å². The van der Waals surface area contributed by atoms with E-state index in [-0.39, 0.29) is 0 Å². The van der Waals surface area contributed by atoms with Gasteiger partial charge in [0.15, 0.2) is 0 Å². The lowest BCUT2D eigenvalue weighted by atomic mass is 10.0. The minimum atomic E-state index is 0.481. The van der Waals surface area contributed by atoms with Crippen molar-refractivity contribution in [1.82, 2.24) is 20.4 Å². The summed E-state index contributed by atoms with van der Waals surface area (Å²) in [6.45, 7) is 2.05. The fraction of sp³-hybridized carbons (Fsp3) is 0.0286. The minimum Gasteiger partial charge on any atom is -0.416 e. The van der Waals surface area contributed by atoms with Crippen LogP contribution in [0.15, 0.2) is 136 Å². The molecule has 0 bridgehead atoms. The summed E-state index contributed by atoms with van der Waals surface area (Å²) in [6.07, 6.45) is 0. The normalized spacial score (nSPS) is 11.0. The van der Waals surface area contributed by atoms with Crippen molar-refractivity contribution in [2.24, 2.45) is 0 Å². The molecule has 0 aliphatic rings. The third-order valence-corrected chi connectivity index (χ3v) is 6.98. The van der Waals surface area contributed by atoms with Crippen molar-refractivity contribution in [1.29, 1.82) is 0 Å². The van der Waals surface area contributed by atoms with Gasteiger partial charge in [-0.15, -0.1) is 20.4 Å². The van der Waals surface area contributed by atoms with E-state index >= 15 is 0 Å². The highest BCUT2D eigenvalue weighted by molar-refractivity contribution is 5.71. The zero-order chi connectivity index (χ0) is 27.6. The Morgan fingerprint density at radius 1 is 0.317 bits per heavy atom. The monoisotopic (exact) mass is 532 g/mol. The molecule has 0 fully saturated rings. The van der Waals surface area contributed by atoms with Gasteiger partial charge in [0, 0.05) is 22.3 Å². The molecule has 196 valence electrons. The molecule has 7 rings (SSSR count). The molecule has 0 spiro atoms. The van der Waals surface area contributed by atoms with Crippen molar-refractivity contribution in [2.45, 2.75) is 6.92 Å². The number of rotatable bonds is 6. The Morgan fingerprint density at radius 3 is 0.927 bits per heavy atom. The van der Waals surface area contributed by atoms with Crippen LogP contribution in [0.25, 0.3) is 68.1 Å². The highest BCUT2D eigenvalue weighted by Crippen LogP contribution is 2.30. The van der Waals surface area contributed by atoms with Crippen molar-refractivity contribution in [3.63, 3.8) is 0 Å². The standard InChI is InChI=1S/C35H24N4O2/c1-23-7-9-28(10-8-23)32-36-37-33(40-32)30-19-13-26(14-20-30)27-15-21-31(22-16-27)35-39-38-34(41-35)29-17-11-25(12-18-29)24-5-3-2-4-6-24/h2-22H,1H3. The lowest BCUT2D eigenvalue weighted by molar-refractivity contribution is 0.584. The number of hydrogen-bond donors (Lipinski definition) is 0. The molecule has 0 radical (unpaired) electrons. The van der Waals surface area contributed by atoms with E-state index in [0.29, 0.717) is 23.6 Å². The van der Waals surface area contributed by atoms with Crippen LogP contribution in [0.4, 0.5) is 0 Å². The first kappa shape index (κ1) is 24.4. The van der Waals surface area contributed by atoms with Crippen LogP contribution in [0.1, 0.15) is 5.56 Å². The van der Waals surface area contributed by atoms with Crippen molar-refractivity contribution < 1.29 is 8.83 Å². The highest BCUT2D eigenvalue weighted by atomic mass is 16.4. The van der Waals surface area contributed by atoms with Gasteiger partial charge in [0.1, 0.15) is 0 Å². The van der Waals surface area contributed by atoms with Crippen molar-refractivity contribution in [3.8, 4) is 68.1 Å². The summed E-state index contributed by atoms with van der Waals surface area (Å²) in [5.41, 5.74) is 9.15. The zero-order valence-electron chi connectivity index (χ0n) is 22.2. The van der Waals surface area contributed by atoms with Gasteiger partial charge in [0.2, 0.25) is 23.6 Å². The summed E-state index contributed by atoms with van der Waals surface area (Å²) >= 11 is 0. The summed E-state index contributed by atoms with van der Waals surface area (Å²) < 4.78 is 11.9. The Bertz CT molecular complexity index is 1900. The summed E-state index contributed by atoms with van der Waals surface area (Å²) in [4.78, 5) is 0. The lowest BCUT2D eigenvalue weighted by Crippen LogP contribution is -1.82. The predicted molar refractivity (Wildman–Crippen MR) is 160 cm³/mol.